The van der Waals surface area contributed by atoms with E-state index in [1.165, 1.54) is 7.05 Å². The zero-order chi connectivity index (χ0) is 18.1. The summed E-state index contributed by atoms with van der Waals surface area (Å²) >= 11 is 5.86. The number of nitrogens with one attached hydrogen (secondary N) is 2. The van der Waals surface area contributed by atoms with Gasteiger partial charge in [0.2, 0.25) is 0 Å². The van der Waals surface area contributed by atoms with Gasteiger partial charge >= 0.3 is 6.09 Å². The van der Waals surface area contributed by atoms with E-state index in [9.17, 15) is 9.59 Å². The Labute approximate surface area is 150 Å². The fourth-order valence-corrected chi connectivity index (χ4v) is 2.18. The SMILES string of the molecule is CNC(=O)COC(=O)NCCCCc1cc(-c2ccc(Cl)cc2)on1. The zero-order valence-corrected chi connectivity index (χ0v) is 14.6. The molecule has 1 heterocycles. The number of rotatable bonds is 8. The van der Waals surface area contributed by atoms with E-state index in [0.29, 0.717) is 17.3 Å². The average Bonchev–Trinajstić information content (AvgIpc) is 3.08. The minimum atomic E-state index is -0.602. The Morgan fingerprint density at radius 1 is 1.24 bits per heavy atom. The Kier molecular flexibility index (Phi) is 7.28. The van der Waals surface area contributed by atoms with Crippen LogP contribution in [0.1, 0.15) is 18.5 Å². The summed E-state index contributed by atoms with van der Waals surface area (Å²) in [4.78, 5) is 22.3. The molecule has 2 aromatic rings. The highest BCUT2D eigenvalue weighted by molar-refractivity contribution is 6.30. The van der Waals surface area contributed by atoms with Gasteiger partial charge in [0.25, 0.3) is 5.91 Å². The van der Waals surface area contributed by atoms with E-state index in [1.807, 2.05) is 18.2 Å². The van der Waals surface area contributed by atoms with Gasteiger partial charge < -0.3 is 19.9 Å². The second-order valence-electron chi connectivity index (χ2n) is 5.32. The topological polar surface area (TPSA) is 93.5 Å². The number of carbonyl (C=O) groups is 2. The summed E-state index contributed by atoms with van der Waals surface area (Å²) < 4.78 is 10.1. The molecule has 0 aliphatic rings. The minimum Gasteiger partial charge on any atom is -0.439 e. The number of amides is 2. The van der Waals surface area contributed by atoms with E-state index in [4.69, 9.17) is 20.9 Å². The Morgan fingerprint density at radius 2 is 2.00 bits per heavy atom. The van der Waals surface area contributed by atoms with Crippen molar-refractivity contribution >= 4 is 23.6 Å². The van der Waals surface area contributed by atoms with Gasteiger partial charge in [0.1, 0.15) is 0 Å². The Morgan fingerprint density at radius 3 is 2.72 bits per heavy atom. The van der Waals surface area contributed by atoms with Crippen LogP contribution in [0.5, 0.6) is 0 Å². The maximum Gasteiger partial charge on any atom is 0.407 e. The molecular formula is C17H20ClN3O4. The number of carbonyl (C=O) groups excluding carboxylic acids is 2. The predicted molar refractivity (Wildman–Crippen MR) is 93.3 cm³/mol. The van der Waals surface area contributed by atoms with Crippen molar-refractivity contribution in [2.75, 3.05) is 20.2 Å². The van der Waals surface area contributed by atoms with Crippen LogP contribution in [-0.2, 0) is 16.0 Å². The van der Waals surface area contributed by atoms with E-state index in [1.54, 1.807) is 12.1 Å². The molecule has 0 bridgehead atoms. The molecule has 25 heavy (non-hydrogen) atoms. The molecule has 0 unspecified atom stereocenters. The molecule has 0 aliphatic heterocycles. The number of halogens is 1. The first kappa shape index (κ1) is 18.8. The van der Waals surface area contributed by atoms with Crippen molar-refractivity contribution in [3.8, 4) is 11.3 Å². The summed E-state index contributed by atoms with van der Waals surface area (Å²) in [5.74, 6) is 0.347. The highest BCUT2D eigenvalue weighted by atomic mass is 35.5. The molecule has 2 rings (SSSR count). The van der Waals surface area contributed by atoms with Crippen LogP contribution in [0.2, 0.25) is 5.02 Å². The third-order valence-corrected chi connectivity index (χ3v) is 3.68. The van der Waals surface area contributed by atoms with E-state index >= 15 is 0 Å². The van der Waals surface area contributed by atoms with E-state index in [2.05, 4.69) is 15.8 Å². The van der Waals surface area contributed by atoms with Crippen molar-refractivity contribution in [2.24, 2.45) is 0 Å². The lowest BCUT2D eigenvalue weighted by molar-refractivity contribution is -0.123. The third-order valence-electron chi connectivity index (χ3n) is 3.43. The first-order valence-corrected chi connectivity index (χ1v) is 8.29. The molecule has 0 atom stereocenters. The number of alkyl carbamates (subject to hydrolysis) is 1. The van der Waals surface area contributed by atoms with Gasteiger partial charge in [-0.2, -0.15) is 0 Å². The van der Waals surface area contributed by atoms with Gasteiger partial charge in [-0.25, -0.2) is 4.79 Å². The fourth-order valence-electron chi connectivity index (χ4n) is 2.06. The quantitative estimate of drug-likeness (QED) is 0.701. The lowest BCUT2D eigenvalue weighted by Gasteiger charge is -2.05. The molecule has 7 nitrogen and oxygen atoms in total. The van der Waals surface area contributed by atoms with Crippen molar-refractivity contribution in [2.45, 2.75) is 19.3 Å². The van der Waals surface area contributed by atoms with Crippen LogP contribution in [-0.4, -0.2) is 37.4 Å². The summed E-state index contributed by atoms with van der Waals surface area (Å²) in [6.45, 7) is 0.184. The van der Waals surface area contributed by atoms with Crippen LogP contribution in [0.4, 0.5) is 4.79 Å². The molecular weight excluding hydrogens is 346 g/mol. The predicted octanol–water partition coefficient (Wildman–Crippen LogP) is 2.79. The maximum atomic E-state index is 11.3. The first-order valence-electron chi connectivity index (χ1n) is 7.91. The summed E-state index contributed by atoms with van der Waals surface area (Å²) in [5.41, 5.74) is 1.77. The largest absolute Gasteiger partial charge is 0.439 e. The van der Waals surface area contributed by atoms with Gasteiger partial charge in [-0.1, -0.05) is 16.8 Å². The number of nitrogens with zero attached hydrogens (tertiary/aromatic N) is 1. The van der Waals surface area contributed by atoms with Crippen molar-refractivity contribution in [3.63, 3.8) is 0 Å². The van der Waals surface area contributed by atoms with Crippen molar-refractivity contribution in [1.82, 2.24) is 15.8 Å². The number of aryl methyl sites for hydroxylation is 1. The first-order chi connectivity index (χ1) is 12.1. The zero-order valence-electron chi connectivity index (χ0n) is 13.9. The number of ether oxygens (including phenoxy) is 1. The summed E-state index contributed by atoms with van der Waals surface area (Å²) in [6.07, 6.45) is 1.74. The molecule has 0 saturated heterocycles. The average molecular weight is 366 g/mol. The smallest absolute Gasteiger partial charge is 0.407 e. The second kappa shape index (κ2) is 9.68. The summed E-state index contributed by atoms with van der Waals surface area (Å²) in [7, 11) is 1.48. The van der Waals surface area contributed by atoms with Crippen molar-refractivity contribution < 1.29 is 18.8 Å². The molecule has 2 amide bonds. The Balaban J connectivity index is 1.65. The minimum absolute atomic E-state index is 0.283. The van der Waals surface area contributed by atoms with Gasteiger partial charge in [0.05, 0.1) is 5.69 Å². The van der Waals surface area contributed by atoms with Crippen LogP contribution in [0, 0.1) is 0 Å². The molecule has 0 saturated carbocycles. The normalized spacial score (nSPS) is 10.3. The van der Waals surface area contributed by atoms with Gasteiger partial charge in [-0.05, 0) is 43.5 Å². The van der Waals surface area contributed by atoms with E-state index < -0.39 is 6.09 Å². The number of unbranched alkanes of at least 4 members (excludes halogenated alkanes) is 1. The Bertz CT molecular complexity index is 700. The molecule has 0 spiro atoms. The van der Waals surface area contributed by atoms with Gasteiger partial charge in [-0.15, -0.1) is 0 Å². The molecule has 134 valence electrons. The van der Waals surface area contributed by atoms with E-state index in [-0.39, 0.29) is 12.5 Å². The lowest BCUT2D eigenvalue weighted by Crippen LogP contribution is -2.31. The number of aromatic nitrogens is 1. The summed E-state index contributed by atoms with van der Waals surface area (Å²) in [5, 5.41) is 9.66. The number of hydrogen-bond acceptors (Lipinski definition) is 5. The van der Waals surface area contributed by atoms with Crippen LogP contribution in [0.3, 0.4) is 0 Å². The Hall–Kier alpha value is -2.54. The fraction of sp³-hybridized carbons (Fsp3) is 0.353. The van der Waals surface area contributed by atoms with Crippen LogP contribution in [0.15, 0.2) is 34.9 Å². The van der Waals surface area contributed by atoms with E-state index in [0.717, 1.165) is 30.5 Å². The van der Waals surface area contributed by atoms with Crippen LogP contribution >= 0.6 is 11.6 Å². The van der Waals surface area contributed by atoms with Gasteiger partial charge in [0, 0.05) is 30.2 Å². The van der Waals surface area contributed by atoms with Gasteiger partial charge in [-0.3, -0.25) is 4.79 Å². The van der Waals surface area contributed by atoms with Crippen LogP contribution in [0.25, 0.3) is 11.3 Å². The number of benzene rings is 1. The number of hydrogen-bond donors (Lipinski definition) is 2. The maximum absolute atomic E-state index is 11.3. The lowest BCUT2D eigenvalue weighted by atomic mass is 10.1. The number of likely N-dealkylation sites (N-methyl/N-ethyl adjacent to an activating group) is 1. The standard InChI is InChI=1S/C17H20ClN3O4/c1-19-16(22)11-24-17(23)20-9-3-2-4-14-10-15(25-21-14)12-5-7-13(18)8-6-12/h5-8,10H,2-4,9,11H2,1H3,(H,19,22)(H,20,23). The molecule has 8 heteroatoms. The molecule has 2 N–H and O–H groups in total. The second-order valence-corrected chi connectivity index (χ2v) is 5.76. The molecule has 1 aromatic heterocycles. The molecule has 1 aromatic carbocycles. The van der Waals surface area contributed by atoms with Crippen LogP contribution < -0.4 is 10.6 Å². The van der Waals surface area contributed by atoms with Crippen molar-refractivity contribution in [1.29, 1.82) is 0 Å². The van der Waals surface area contributed by atoms with Gasteiger partial charge in [0.15, 0.2) is 12.4 Å². The van der Waals surface area contributed by atoms with Crippen molar-refractivity contribution in [3.05, 3.63) is 41.0 Å². The summed E-state index contributed by atoms with van der Waals surface area (Å²) in [6, 6.07) is 9.25. The monoisotopic (exact) mass is 365 g/mol. The highest BCUT2D eigenvalue weighted by Gasteiger charge is 2.07. The molecule has 0 radical (unpaired) electrons. The third kappa shape index (κ3) is 6.46. The molecule has 0 aliphatic carbocycles. The highest BCUT2D eigenvalue weighted by Crippen LogP contribution is 2.22. The molecule has 0 fully saturated rings.